The Balaban J connectivity index is 1.26. The molecule has 12 heteroatoms. The molecule has 2 amide bonds. The van der Waals surface area contributed by atoms with Crippen LogP contribution in [0.3, 0.4) is 0 Å². The number of hydrogen-bond donors (Lipinski definition) is 1. The number of fused-ring (bicyclic) bond motifs is 1. The summed E-state index contributed by atoms with van der Waals surface area (Å²) in [7, 11) is 4.10. The van der Waals surface area contributed by atoms with E-state index in [1.807, 2.05) is 91.0 Å². The van der Waals surface area contributed by atoms with Gasteiger partial charge >= 0.3 is 5.97 Å². The molecule has 0 aliphatic carbocycles. The third-order valence-electron chi connectivity index (χ3n) is 7.47. The fourth-order valence-corrected chi connectivity index (χ4v) is 8.96. The lowest BCUT2D eigenvalue weighted by Gasteiger charge is -2.46. The molecule has 0 bridgehead atoms. The van der Waals surface area contributed by atoms with Crippen LogP contribution in [0.1, 0.15) is 24.2 Å². The lowest BCUT2D eigenvalue weighted by atomic mass is 10.0. The Morgan fingerprint density at radius 2 is 1.50 bits per heavy atom. The first-order chi connectivity index (χ1) is 23.4. The SMILES string of the molecule is CO/C(C)=C(/C(=O)OC(c1ccccc1)c1ccccc1)N1C(=O)C(NC(=O)COc2ccccc2)C1SSc1nc2ccccc2s1. The monoisotopic (exact) mass is 697 g/mol. The number of nitrogens with one attached hydrogen (secondary N) is 1. The number of nitrogens with zero attached hydrogens (tertiary/aromatic N) is 2. The molecule has 1 aromatic heterocycles. The maximum Gasteiger partial charge on any atom is 0.359 e. The lowest BCUT2D eigenvalue weighted by Crippen LogP contribution is -2.69. The summed E-state index contributed by atoms with van der Waals surface area (Å²) in [6.45, 7) is 1.32. The third-order valence-corrected chi connectivity index (χ3v) is 11.5. The van der Waals surface area contributed by atoms with Gasteiger partial charge in [-0.15, -0.1) is 11.3 Å². The van der Waals surface area contributed by atoms with Crippen molar-refractivity contribution in [2.24, 2.45) is 0 Å². The van der Waals surface area contributed by atoms with E-state index in [0.717, 1.165) is 25.7 Å². The van der Waals surface area contributed by atoms with E-state index >= 15 is 0 Å². The van der Waals surface area contributed by atoms with Gasteiger partial charge in [0.25, 0.3) is 11.8 Å². The van der Waals surface area contributed by atoms with Crippen molar-refractivity contribution in [2.75, 3.05) is 13.7 Å². The summed E-state index contributed by atoms with van der Waals surface area (Å²) in [5.74, 6) is -0.974. The summed E-state index contributed by atoms with van der Waals surface area (Å²) in [5, 5.41) is 2.10. The molecule has 4 aromatic carbocycles. The Hall–Kier alpha value is -4.78. The van der Waals surface area contributed by atoms with Crippen LogP contribution in [0.4, 0.5) is 0 Å². The average Bonchev–Trinajstić information content (AvgIpc) is 3.55. The minimum atomic E-state index is -0.949. The van der Waals surface area contributed by atoms with Crippen molar-refractivity contribution in [1.29, 1.82) is 0 Å². The minimum Gasteiger partial charge on any atom is -0.499 e. The number of likely N-dealkylation sites (tertiary alicyclic amines) is 1. The highest BCUT2D eigenvalue weighted by Gasteiger charge is 2.53. The van der Waals surface area contributed by atoms with E-state index in [2.05, 4.69) is 5.32 Å². The molecule has 6 rings (SSSR count). The van der Waals surface area contributed by atoms with Crippen molar-refractivity contribution < 1.29 is 28.6 Å². The Kier molecular flexibility index (Phi) is 10.6. The maximum atomic E-state index is 14.1. The topological polar surface area (TPSA) is 107 Å². The smallest absolute Gasteiger partial charge is 0.359 e. The van der Waals surface area contributed by atoms with E-state index in [-0.39, 0.29) is 18.1 Å². The average molecular weight is 698 g/mol. The summed E-state index contributed by atoms with van der Waals surface area (Å²) in [6, 6.07) is 34.6. The highest BCUT2D eigenvalue weighted by atomic mass is 33.1. The van der Waals surface area contributed by atoms with Gasteiger partial charge in [0.15, 0.2) is 22.7 Å². The number of allylic oxidation sites excluding steroid dienone is 1. The van der Waals surface area contributed by atoms with Gasteiger partial charge in [0.1, 0.15) is 22.9 Å². The number of esters is 1. The summed E-state index contributed by atoms with van der Waals surface area (Å²) in [6.07, 6.45) is -0.746. The van der Waals surface area contributed by atoms with Crippen molar-refractivity contribution in [2.45, 2.75) is 28.8 Å². The molecule has 48 heavy (non-hydrogen) atoms. The predicted octanol–water partition coefficient (Wildman–Crippen LogP) is 6.98. The number of benzene rings is 4. The maximum absolute atomic E-state index is 14.1. The number of β-lactam (4-membered cyclic amide) rings is 1. The molecule has 1 aliphatic rings. The number of amides is 2. The molecule has 2 atom stereocenters. The molecule has 1 fully saturated rings. The van der Waals surface area contributed by atoms with Crippen LogP contribution in [0.15, 0.2) is 131 Å². The molecule has 1 aliphatic heterocycles. The van der Waals surface area contributed by atoms with E-state index in [9.17, 15) is 14.4 Å². The zero-order valence-electron chi connectivity index (χ0n) is 26.0. The van der Waals surface area contributed by atoms with Crippen LogP contribution in [0, 0.1) is 0 Å². The van der Waals surface area contributed by atoms with Crippen LogP contribution < -0.4 is 10.1 Å². The number of methoxy groups -OCH3 is 1. The quantitative estimate of drug-likeness (QED) is 0.0459. The van der Waals surface area contributed by atoms with Crippen molar-refractivity contribution in [1.82, 2.24) is 15.2 Å². The van der Waals surface area contributed by atoms with Crippen molar-refractivity contribution in [3.05, 3.63) is 138 Å². The number of ether oxygens (including phenoxy) is 3. The summed E-state index contributed by atoms with van der Waals surface area (Å²) in [4.78, 5) is 47.0. The molecule has 9 nitrogen and oxygen atoms in total. The summed E-state index contributed by atoms with van der Waals surface area (Å²) < 4.78 is 19.1. The molecule has 5 aromatic rings. The highest BCUT2D eigenvalue weighted by molar-refractivity contribution is 8.77. The van der Waals surface area contributed by atoms with E-state index in [0.29, 0.717) is 5.75 Å². The van der Waals surface area contributed by atoms with Crippen LogP contribution >= 0.6 is 32.9 Å². The van der Waals surface area contributed by atoms with Gasteiger partial charge in [-0.05, 0) is 53.1 Å². The number of carbonyl (C=O) groups is 3. The van der Waals surface area contributed by atoms with Crippen LogP contribution in [0.2, 0.25) is 0 Å². The Bertz CT molecular complexity index is 1850. The van der Waals surface area contributed by atoms with E-state index in [1.54, 1.807) is 31.2 Å². The molecule has 2 unspecified atom stereocenters. The van der Waals surface area contributed by atoms with Gasteiger partial charge in [0.2, 0.25) is 0 Å². The van der Waals surface area contributed by atoms with Crippen LogP contribution in [0.5, 0.6) is 5.75 Å². The third kappa shape index (κ3) is 7.51. The molecule has 0 spiro atoms. The molecule has 0 radical (unpaired) electrons. The molecule has 244 valence electrons. The minimum absolute atomic E-state index is 0.0483. The normalized spacial score (nSPS) is 16.2. The largest absolute Gasteiger partial charge is 0.499 e. The zero-order chi connectivity index (χ0) is 33.5. The van der Waals surface area contributed by atoms with Crippen LogP contribution in [0.25, 0.3) is 10.2 Å². The molecule has 0 saturated carbocycles. The zero-order valence-corrected chi connectivity index (χ0v) is 28.4. The second-order valence-electron chi connectivity index (χ2n) is 10.6. The van der Waals surface area contributed by atoms with Gasteiger partial charge < -0.3 is 19.5 Å². The number of rotatable bonds is 13. The highest BCUT2D eigenvalue weighted by Crippen LogP contribution is 2.46. The van der Waals surface area contributed by atoms with Gasteiger partial charge in [-0.25, -0.2) is 9.78 Å². The van der Waals surface area contributed by atoms with Crippen molar-refractivity contribution >= 4 is 60.9 Å². The van der Waals surface area contributed by atoms with Gasteiger partial charge in [-0.3, -0.25) is 14.5 Å². The standard InChI is InChI=1S/C36H31N3O6S3/c1-23(43-2)31(35(42)45-32(24-14-6-3-7-15-24)25-16-8-4-9-17-25)39-33(41)30(38-29(40)22-44-26-18-10-5-11-19-26)34(39)47-48-36-37-27-20-12-13-21-28(27)46-36/h3-21,30,32,34H,22H2,1-2H3,(H,38,40)/b31-23-. The first kappa shape index (κ1) is 33.1. The Morgan fingerprint density at radius 3 is 2.12 bits per heavy atom. The summed E-state index contributed by atoms with van der Waals surface area (Å²) in [5.41, 5.74) is 2.35. The van der Waals surface area contributed by atoms with E-state index in [1.165, 1.54) is 44.9 Å². The van der Waals surface area contributed by atoms with Crippen LogP contribution in [-0.2, 0) is 23.9 Å². The number of thiazole rings is 1. The number of aromatic nitrogens is 1. The van der Waals surface area contributed by atoms with Crippen LogP contribution in [-0.4, -0.2) is 52.8 Å². The molecule has 1 N–H and O–H groups in total. The van der Waals surface area contributed by atoms with Gasteiger partial charge in [-0.1, -0.05) is 102 Å². The Labute approximate surface area is 289 Å². The second-order valence-corrected chi connectivity index (χ2v) is 14.2. The van der Waals surface area contributed by atoms with Crippen molar-refractivity contribution in [3.8, 4) is 5.75 Å². The van der Waals surface area contributed by atoms with Gasteiger partial charge in [0, 0.05) is 0 Å². The first-order valence-electron chi connectivity index (χ1n) is 15.0. The lowest BCUT2D eigenvalue weighted by molar-refractivity contribution is -0.155. The fraction of sp³-hybridized carbons (Fsp3) is 0.167. The second kappa shape index (κ2) is 15.4. The van der Waals surface area contributed by atoms with Gasteiger partial charge in [0.05, 0.1) is 17.3 Å². The fourth-order valence-electron chi connectivity index (χ4n) is 5.05. The number of para-hydroxylation sites is 2. The van der Waals surface area contributed by atoms with E-state index < -0.39 is 35.3 Å². The molecule has 1 saturated heterocycles. The first-order valence-corrected chi connectivity index (χ1v) is 18.0. The predicted molar refractivity (Wildman–Crippen MR) is 188 cm³/mol. The summed E-state index contributed by atoms with van der Waals surface area (Å²) >= 11 is 1.52. The molecular formula is C36H31N3O6S3. The van der Waals surface area contributed by atoms with E-state index in [4.69, 9.17) is 19.2 Å². The van der Waals surface area contributed by atoms with Crippen molar-refractivity contribution in [3.63, 3.8) is 0 Å². The van der Waals surface area contributed by atoms with Gasteiger partial charge in [-0.2, -0.15) is 0 Å². The molecule has 2 heterocycles. The Morgan fingerprint density at radius 1 is 0.896 bits per heavy atom. The number of carbonyl (C=O) groups excluding carboxylic acids is 3. The number of hydrogen-bond acceptors (Lipinski definition) is 10. The molecular weight excluding hydrogens is 667 g/mol.